The van der Waals surface area contributed by atoms with Crippen LogP contribution >= 0.6 is 0 Å². The van der Waals surface area contributed by atoms with Crippen LogP contribution in [0.15, 0.2) is 30.6 Å². The Balaban J connectivity index is 1.70. The molecule has 158 valence electrons. The van der Waals surface area contributed by atoms with Gasteiger partial charge in [-0.1, -0.05) is 6.07 Å². The van der Waals surface area contributed by atoms with E-state index < -0.39 is 11.9 Å². The van der Waals surface area contributed by atoms with Crippen molar-refractivity contribution in [2.24, 2.45) is 0 Å². The lowest BCUT2D eigenvalue weighted by molar-refractivity contribution is 0.132. The summed E-state index contributed by atoms with van der Waals surface area (Å²) in [4.78, 5) is 21.1. The van der Waals surface area contributed by atoms with Gasteiger partial charge in [-0.15, -0.1) is 0 Å². The standard InChI is InChI=1S/C19H21FN6O4/c20-15-17(22-12-4-3-6-25(11-12)19(28)29)23-16(24-18(15)30-9-8-27)13-10-21-26-7-2-1-5-14(13)26/h1-2,5,7,10,12,27H,3-4,6,8-9,11H2,(H,28,29)(H,22,23,24)/t12-/m1/s1. The van der Waals surface area contributed by atoms with Crippen LogP contribution in [0.25, 0.3) is 16.9 Å². The van der Waals surface area contributed by atoms with Crippen LogP contribution in [-0.4, -0.2) is 73.1 Å². The lowest BCUT2D eigenvalue weighted by Crippen LogP contribution is -2.44. The number of pyridine rings is 1. The van der Waals surface area contributed by atoms with Crippen molar-refractivity contribution in [3.8, 4) is 17.3 Å². The van der Waals surface area contributed by atoms with Crippen molar-refractivity contribution in [2.75, 3.05) is 31.6 Å². The SMILES string of the molecule is O=C(O)N1CCC[C@@H](Nc2nc(-c3cnn4ccccc34)nc(OCCO)c2F)C1. The Morgan fingerprint density at radius 1 is 1.37 bits per heavy atom. The number of halogens is 1. The molecule has 3 N–H and O–H groups in total. The number of ether oxygens (including phenoxy) is 1. The predicted octanol–water partition coefficient (Wildman–Crippen LogP) is 1.86. The average Bonchev–Trinajstić information content (AvgIpc) is 3.18. The van der Waals surface area contributed by atoms with Crippen LogP contribution in [0.2, 0.25) is 0 Å². The number of carboxylic acid groups (broad SMARTS) is 1. The van der Waals surface area contributed by atoms with E-state index in [0.29, 0.717) is 24.9 Å². The van der Waals surface area contributed by atoms with Gasteiger partial charge in [0.15, 0.2) is 11.6 Å². The van der Waals surface area contributed by atoms with Gasteiger partial charge < -0.3 is 25.2 Å². The molecule has 11 heteroatoms. The molecule has 0 aromatic carbocycles. The maximum absolute atomic E-state index is 15.0. The van der Waals surface area contributed by atoms with Crippen molar-refractivity contribution in [1.29, 1.82) is 0 Å². The molecule has 10 nitrogen and oxygen atoms in total. The fourth-order valence-electron chi connectivity index (χ4n) is 3.45. The highest BCUT2D eigenvalue weighted by atomic mass is 19.1. The van der Waals surface area contributed by atoms with Crippen molar-refractivity contribution in [2.45, 2.75) is 18.9 Å². The van der Waals surface area contributed by atoms with E-state index in [-0.39, 0.29) is 43.3 Å². The summed E-state index contributed by atoms with van der Waals surface area (Å²) >= 11 is 0. The van der Waals surface area contributed by atoms with Gasteiger partial charge >= 0.3 is 6.09 Å². The monoisotopic (exact) mass is 416 g/mol. The Bertz CT molecular complexity index is 1060. The number of rotatable bonds is 6. The van der Waals surface area contributed by atoms with E-state index >= 15 is 0 Å². The number of carbonyl (C=O) groups is 1. The van der Waals surface area contributed by atoms with Crippen LogP contribution in [0, 0.1) is 5.82 Å². The lowest BCUT2D eigenvalue weighted by atomic mass is 10.1. The Morgan fingerprint density at radius 3 is 3.03 bits per heavy atom. The number of aliphatic hydroxyl groups excluding tert-OH is 1. The maximum Gasteiger partial charge on any atom is 0.407 e. The van der Waals surface area contributed by atoms with Crippen molar-refractivity contribution >= 4 is 17.4 Å². The van der Waals surface area contributed by atoms with E-state index in [4.69, 9.17) is 9.84 Å². The minimum absolute atomic E-state index is 0.0829. The van der Waals surface area contributed by atoms with Crippen molar-refractivity contribution in [3.63, 3.8) is 0 Å². The number of likely N-dealkylation sites (tertiary alicyclic amines) is 1. The number of nitrogens with zero attached hydrogens (tertiary/aromatic N) is 5. The van der Waals surface area contributed by atoms with Gasteiger partial charge in [-0.3, -0.25) is 0 Å². The van der Waals surface area contributed by atoms with Crippen LogP contribution in [0.3, 0.4) is 0 Å². The molecule has 0 unspecified atom stereocenters. The van der Waals surface area contributed by atoms with Gasteiger partial charge in [0.2, 0.25) is 5.82 Å². The Labute approximate surface area is 170 Å². The van der Waals surface area contributed by atoms with E-state index in [9.17, 15) is 14.3 Å². The van der Waals surface area contributed by atoms with Crippen LogP contribution in [-0.2, 0) is 0 Å². The van der Waals surface area contributed by atoms with E-state index in [1.165, 1.54) is 4.90 Å². The number of nitrogens with one attached hydrogen (secondary N) is 1. The lowest BCUT2D eigenvalue weighted by Gasteiger charge is -2.31. The van der Waals surface area contributed by atoms with Crippen molar-refractivity contribution in [3.05, 3.63) is 36.4 Å². The van der Waals surface area contributed by atoms with Gasteiger partial charge in [0.1, 0.15) is 6.61 Å². The van der Waals surface area contributed by atoms with Crippen molar-refractivity contribution < 1.29 is 24.1 Å². The first-order valence-electron chi connectivity index (χ1n) is 9.55. The molecule has 1 saturated heterocycles. The van der Waals surface area contributed by atoms with Gasteiger partial charge in [0.05, 0.1) is 23.9 Å². The first kappa shape index (κ1) is 19.8. The van der Waals surface area contributed by atoms with Gasteiger partial charge in [-0.2, -0.15) is 14.5 Å². The smallest absolute Gasteiger partial charge is 0.407 e. The number of hydrogen-bond acceptors (Lipinski definition) is 7. The molecule has 1 fully saturated rings. The summed E-state index contributed by atoms with van der Waals surface area (Å²) in [5.41, 5.74) is 1.32. The molecule has 1 aliphatic rings. The summed E-state index contributed by atoms with van der Waals surface area (Å²) in [7, 11) is 0. The highest BCUT2D eigenvalue weighted by Crippen LogP contribution is 2.29. The summed E-state index contributed by atoms with van der Waals surface area (Å²) in [6.07, 6.45) is 3.67. The third kappa shape index (κ3) is 3.96. The zero-order valence-corrected chi connectivity index (χ0v) is 16.0. The molecule has 4 rings (SSSR count). The number of amides is 1. The number of aromatic nitrogens is 4. The summed E-state index contributed by atoms with van der Waals surface area (Å²) < 4.78 is 21.9. The third-order valence-electron chi connectivity index (χ3n) is 4.85. The molecular weight excluding hydrogens is 395 g/mol. The second-order valence-electron chi connectivity index (χ2n) is 6.89. The van der Waals surface area contributed by atoms with Gasteiger partial charge in [-0.25, -0.2) is 14.3 Å². The second kappa shape index (κ2) is 8.49. The molecule has 4 heterocycles. The normalized spacial score (nSPS) is 16.6. The average molecular weight is 416 g/mol. The molecule has 0 bridgehead atoms. The summed E-state index contributed by atoms with van der Waals surface area (Å²) in [5.74, 6) is -0.965. The van der Waals surface area contributed by atoms with Crippen LogP contribution in [0.5, 0.6) is 5.88 Å². The minimum Gasteiger partial charge on any atom is -0.473 e. The molecule has 0 spiro atoms. The first-order chi connectivity index (χ1) is 14.6. The van der Waals surface area contributed by atoms with E-state index in [1.54, 1.807) is 16.9 Å². The molecule has 1 atom stereocenters. The van der Waals surface area contributed by atoms with E-state index in [2.05, 4.69) is 20.4 Å². The molecule has 3 aromatic heterocycles. The minimum atomic E-state index is -1.01. The number of aliphatic hydroxyl groups is 1. The van der Waals surface area contributed by atoms with E-state index in [1.807, 2.05) is 18.2 Å². The van der Waals surface area contributed by atoms with Crippen LogP contribution in [0.4, 0.5) is 15.0 Å². The topological polar surface area (TPSA) is 125 Å². The van der Waals surface area contributed by atoms with Gasteiger partial charge in [0.25, 0.3) is 5.88 Å². The number of hydrogen-bond donors (Lipinski definition) is 3. The Morgan fingerprint density at radius 2 is 2.23 bits per heavy atom. The zero-order chi connectivity index (χ0) is 21.1. The zero-order valence-electron chi connectivity index (χ0n) is 16.0. The number of piperidine rings is 1. The summed E-state index contributed by atoms with van der Waals surface area (Å²) in [6, 6.07) is 5.20. The Hall–Kier alpha value is -3.47. The highest BCUT2D eigenvalue weighted by Gasteiger charge is 2.26. The highest BCUT2D eigenvalue weighted by molar-refractivity contribution is 5.76. The molecule has 0 radical (unpaired) electrons. The van der Waals surface area contributed by atoms with E-state index in [0.717, 1.165) is 5.52 Å². The predicted molar refractivity (Wildman–Crippen MR) is 105 cm³/mol. The fraction of sp³-hybridized carbons (Fsp3) is 0.368. The van der Waals surface area contributed by atoms with Crippen LogP contribution in [0.1, 0.15) is 12.8 Å². The molecule has 1 aliphatic heterocycles. The molecule has 30 heavy (non-hydrogen) atoms. The molecule has 0 aliphatic carbocycles. The van der Waals surface area contributed by atoms with Gasteiger partial charge in [0, 0.05) is 25.3 Å². The largest absolute Gasteiger partial charge is 0.473 e. The second-order valence-corrected chi connectivity index (χ2v) is 6.89. The first-order valence-corrected chi connectivity index (χ1v) is 9.55. The fourth-order valence-corrected chi connectivity index (χ4v) is 3.45. The summed E-state index contributed by atoms with van der Waals surface area (Å²) in [6.45, 7) is 0.238. The molecular formula is C19H21FN6O4. The van der Waals surface area contributed by atoms with Gasteiger partial charge in [-0.05, 0) is 25.0 Å². The number of anilines is 1. The van der Waals surface area contributed by atoms with Crippen LogP contribution < -0.4 is 10.1 Å². The molecule has 3 aromatic rings. The molecule has 1 amide bonds. The quantitative estimate of drug-likeness (QED) is 0.556. The van der Waals surface area contributed by atoms with Crippen molar-refractivity contribution in [1.82, 2.24) is 24.5 Å². The summed E-state index contributed by atoms with van der Waals surface area (Å²) in [5, 5.41) is 25.5. The third-order valence-corrected chi connectivity index (χ3v) is 4.85. The number of fused-ring (bicyclic) bond motifs is 1. The Kier molecular flexibility index (Phi) is 5.61. The molecule has 0 saturated carbocycles. The maximum atomic E-state index is 15.0.